The number of nitrogens with one attached hydrogen (secondary N) is 1. The molecule has 25 heavy (non-hydrogen) atoms. The molecule has 0 amide bonds. The first kappa shape index (κ1) is 15.8. The van der Waals surface area contributed by atoms with E-state index >= 15 is 0 Å². The summed E-state index contributed by atoms with van der Waals surface area (Å²) < 4.78 is 41.3. The van der Waals surface area contributed by atoms with E-state index < -0.39 is 15.8 Å². The van der Waals surface area contributed by atoms with Crippen LogP contribution in [0.5, 0.6) is 0 Å². The van der Waals surface area contributed by atoms with Crippen LogP contribution in [0.15, 0.2) is 65.6 Å². The Kier molecular flexibility index (Phi) is 3.62. The van der Waals surface area contributed by atoms with E-state index in [0.29, 0.717) is 11.3 Å². The van der Waals surface area contributed by atoms with Gasteiger partial charge in [0, 0.05) is 5.69 Å². The number of anilines is 1. The molecule has 0 saturated carbocycles. The van der Waals surface area contributed by atoms with Crippen molar-refractivity contribution in [1.29, 1.82) is 0 Å². The zero-order valence-electron chi connectivity index (χ0n) is 13.6. The SMILES string of the molecule is Cc1ccc(F)cc1S(=O)(=O)Nc1ccc2c(c1)Cc1ccccc1-2. The zero-order chi connectivity index (χ0) is 17.6. The van der Waals surface area contributed by atoms with E-state index in [2.05, 4.69) is 16.9 Å². The van der Waals surface area contributed by atoms with Gasteiger partial charge in [0.15, 0.2) is 0 Å². The van der Waals surface area contributed by atoms with E-state index in [4.69, 9.17) is 0 Å². The van der Waals surface area contributed by atoms with Gasteiger partial charge in [-0.1, -0.05) is 36.4 Å². The molecular formula is C20H16FNO2S. The quantitative estimate of drug-likeness (QED) is 0.589. The molecule has 0 bridgehead atoms. The van der Waals surface area contributed by atoms with Crippen molar-refractivity contribution >= 4 is 15.7 Å². The number of fused-ring (bicyclic) bond motifs is 3. The van der Waals surface area contributed by atoms with Crippen molar-refractivity contribution < 1.29 is 12.8 Å². The number of rotatable bonds is 3. The highest BCUT2D eigenvalue weighted by molar-refractivity contribution is 7.92. The van der Waals surface area contributed by atoms with Crippen LogP contribution in [0, 0.1) is 12.7 Å². The monoisotopic (exact) mass is 353 g/mol. The lowest BCUT2D eigenvalue weighted by molar-refractivity contribution is 0.594. The maximum Gasteiger partial charge on any atom is 0.262 e. The molecule has 0 aliphatic heterocycles. The highest BCUT2D eigenvalue weighted by atomic mass is 32.2. The van der Waals surface area contributed by atoms with Gasteiger partial charge >= 0.3 is 0 Å². The summed E-state index contributed by atoms with van der Waals surface area (Å²) in [6.45, 7) is 1.65. The molecule has 0 atom stereocenters. The van der Waals surface area contributed by atoms with Gasteiger partial charge in [0.05, 0.1) is 4.90 Å². The summed E-state index contributed by atoms with van der Waals surface area (Å²) >= 11 is 0. The molecule has 5 heteroatoms. The Morgan fingerprint density at radius 2 is 1.68 bits per heavy atom. The van der Waals surface area contributed by atoms with Crippen molar-refractivity contribution in [1.82, 2.24) is 0 Å². The second-order valence-corrected chi connectivity index (χ2v) is 7.87. The van der Waals surface area contributed by atoms with Crippen LogP contribution < -0.4 is 4.72 Å². The Balaban J connectivity index is 1.68. The van der Waals surface area contributed by atoms with Crippen LogP contribution in [0.1, 0.15) is 16.7 Å². The topological polar surface area (TPSA) is 46.2 Å². The molecule has 0 spiro atoms. The van der Waals surface area contributed by atoms with Crippen molar-refractivity contribution in [3.05, 3.63) is 83.2 Å². The molecule has 0 aromatic heterocycles. The van der Waals surface area contributed by atoms with E-state index in [9.17, 15) is 12.8 Å². The number of hydrogen-bond acceptors (Lipinski definition) is 2. The van der Waals surface area contributed by atoms with Crippen LogP contribution in [0.4, 0.5) is 10.1 Å². The summed E-state index contributed by atoms with van der Waals surface area (Å²) in [7, 11) is -3.84. The maximum absolute atomic E-state index is 13.5. The fourth-order valence-electron chi connectivity index (χ4n) is 3.28. The zero-order valence-corrected chi connectivity index (χ0v) is 14.4. The lowest BCUT2D eigenvalue weighted by atomic mass is 10.1. The standard InChI is InChI=1S/C20H16FNO2S/c1-13-6-7-16(21)12-20(13)25(23,24)22-17-8-9-19-15(11-17)10-14-4-2-3-5-18(14)19/h2-9,11-12,22H,10H2,1H3. The first-order valence-corrected chi connectivity index (χ1v) is 9.42. The van der Waals surface area contributed by atoms with Crippen LogP contribution in [0.3, 0.4) is 0 Å². The second kappa shape index (κ2) is 5.70. The lowest BCUT2D eigenvalue weighted by Gasteiger charge is -2.12. The molecule has 0 radical (unpaired) electrons. The minimum absolute atomic E-state index is 0.0451. The van der Waals surface area contributed by atoms with Crippen molar-refractivity contribution in [2.45, 2.75) is 18.2 Å². The Morgan fingerprint density at radius 3 is 2.52 bits per heavy atom. The number of halogens is 1. The molecule has 3 aromatic rings. The van der Waals surface area contributed by atoms with Gasteiger partial charge in [-0.2, -0.15) is 0 Å². The van der Waals surface area contributed by atoms with Crippen LogP contribution in [-0.2, 0) is 16.4 Å². The van der Waals surface area contributed by atoms with Gasteiger partial charge in [0.1, 0.15) is 5.82 Å². The average molecular weight is 353 g/mol. The van der Waals surface area contributed by atoms with Gasteiger partial charge in [-0.05, 0) is 65.4 Å². The summed E-state index contributed by atoms with van der Waals surface area (Å²) in [4.78, 5) is -0.0451. The Hall–Kier alpha value is -2.66. The molecular weight excluding hydrogens is 337 g/mol. The van der Waals surface area contributed by atoms with Crippen LogP contribution in [0.2, 0.25) is 0 Å². The first-order chi connectivity index (χ1) is 11.9. The van der Waals surface area contributed by atoms with Gasteiger partial charge in [-0.3, -0.25) is 4.72 Å². The molecule has 0 fully saturated rings. The third-order valence-electron chi connectivity index (χ3n) is 4.49. The van der Waals surface area contributed by atoms with E-state index in [1.165, 1.54) is 23.3 Å². The van der Waals surface area contributed by atoms with E-state index in [0.717, 1.165) is 23.6 Å². The minimum atomic E-state index is -3.84. The fourth-order valence-corrected chi connectivity index (χ4v) is 4.59. The van der Waals surface area contributed by atoms with E-state index in [-0.39, 0.29) is 4.90 Å². The van der Waals surface area contributed by atoms with E-state index in [1.807, 2.05) is 24.3 Å². The summed E-state index contributed by atoms with van der Waals surface area (Å²) in [5.74, 6) is -0.574. The van der Waals surface area contributed by atoms with Crippen molar-refractivity contribution in [3.63, 3.8) is 0 Å². The van der Waals surface area contributed by atoms with Crippen molar-refractivity contribution in [2.24, 2.45) is 0 Å². The van der Waals surface area contributed by atoms with Crippen molar-refractivity contribution in [3.8, 4) is 11.1 Å². The number of aryl methyl sites for hydroxylation is 1. The Morgan fingerprint density at radius 1 is 0.920 bits per heavy atom. The Bertz CT molecular complexity index is 1090. The second-order valence-electron chi connectivity index (χ2n) is 6.22. The molecule has 0 saturated heterocycles. The molecule has 1 aliphatic carbocycles. The Labute approximate surface area is 146 Å². The number of sulfonamides is 1. The summed E-state index contributed by atoms with van der Waals surface area (Å²) in [5.41, 5.74) is 5.61. The van der Waals surface area contributed by atoms with Crippen LogP contribution in [-0.4, -0.2) is 8.42 Å². The first-order valence-electron chi connectivity index (χ1n) is 7.94. The predicted octanol–water partition coefficient (Wildman–Crippen LogP) is 4.51. The normalized spacial score (nSPS) is 12.6. The predicted molar refractivity (Wildman–Crippen MR) is 96.6 cm³/mol. The highest BCUT2D eigenvalue weighted by Gasteiger charge is 2.21. The largest absolute Gasteiger partial charge is 0.280 e. The third kappa shape index (κ3) is 2.81. The van der Waals surface area contributed by atoms with Gasteiger partial charge < -0.3 is 0 Å². The molecule has 0 unspecified atom stereocenters. The molecule has 126 valence electrons. The summed E-state index contributed by atoms with van der Waals surface area (Å²) in [6.07, 6.45) is 0.778. The third-order valence-corrected chi connectivity index (χ3v) is 6.01. The molecule has 1 N–H and O–H groups in total. The van der Waals surface area contributed by atoms with Gasteiger partial charge in [-0.15, -0.1) is 0 Å². The molecule has 1 aliphatic rings. The van der Waals surface area contributed by atoms with Gasteiger partial charge in [0.2, 0.25) is 0 Å². The van der Waals surface area contributed by atoms with Crippen LogP contribution >= 0.6 is 0 Å². The van der Waals surface area contributed by atoms with E-state index in [1.54, 1.807) is 13.0 Å². The number of benzene rings is 3. The maximum atomic E-state index is 13.5. The summed E-state index contributed by atoms with van der Waals surface area (Å²) in [6, 6.07) is 17.4. The van der Waals surface area contributed by atoms with Crippen LogP contribution in [0.25, 0.3) is 11.1 Å². The molecule has 3 aromatic carbocycles. The van der Waals surface area contributed by atoms with Gasteiger partial charge in [0.25, 0.3) is 10.0 Å². The minimum Gasteiger partial charge on any atom is -0.280 e. The lowest BCUT2D eigenvalue weighted by Crippen LogP contribution is -2.14. The van der Waals surface area contributed by atoms with Crippen molar-refractivity contribution in [2.75, 3.05) is 4.72 Å². The van der Waals surface area contributed by atoms with Gasteiger partial charge in [-0.25, -0.2) is 12.8 Å². The molecule has 4 rings (SSSR count). The highest BCUT2D eigenvalue weighted by Crippen LogP contribution is 2.37. The fraction of sp³-hybridized carbons (Fsp3) is 0.100. The molecule has 3 nitrogen and oxygen atoms in total. The summed E-state index contributed by atoms with van der Waals surface area (Å²) in [5, 5.41) is 0. The average Bonchev–Trinajstić information content (AvgIpc) is 2.94. The smallest absolute Gasteiger partial charge is 0.262 e. The number of hydrogen-bond donors (Lipinski definition) is 1. The molecule has 0 heterocycles.